The van der Waals surface area contributed by atoms with Gasteiger partial charge < -0.3 is 28.8 Å². The lowest BCUT2D eigenvalue weighted by atomic mass is 9.52. The predicted octanol–water partition coefficient (Wildman–Crippen LogP) is 8.73. The minimum atomic E-state index is -0.555. The van der Waals surface area contributed by atoms with Crippen molar-refractivity contribution in [3.8, 4) is 0 Å². The molecule has 10 bridgehead atoms. The maximum absolute atomic E-state index is 12.4. The number of carbonyl (C=O) groups is 4. The first-order valence-electron chi connectivity index (χ1n) is 22.9. The number of rotatable bonds is 11. The van der Waals surface area contributed by atoms with Gasteiger partial charge in [-0.2, -0.15) is 0 Å². The van der Waals surface area contributed by atoms with Crippen LogP contribution in [-0.4, -0.2) is 65.3 Å². The van der Waals surface area contributed by atoms with E-state index in [1.807, 2.05) is 62.3 Å². The molecule has 1 heterocycles. The van der Waals surface area contributed by atoms with E-state index in [9.17, 15) is 24.3 Å². The van der Waals surface area contributed by atoms with Crippen LogP contribution in [0.5, 0.6) is 0 Å². The first-order chi connectivity index (χ1) is 26.7. The van der Waals surface area contributed by atoms with Crippen molar-refractivity contribution >= 4 is 23.9 Å². The molecule has 10 heteroatoms. The van der Waals surface area contributed by atoms with Crippen molar-refractivity contribution in [3.05, 3.63) is 0 Å². The van der Waals surface area contributed by atoms with Gasteiger partial charge in [0.25, 0.3) is 0 Å². The predicted molar refractivity (Wildman–Crippen MR) is 213 cm³/mol. The summed E-state index contributed by atoms with van der Waals surface area (Å²) in [6.07, 6.45) is 16.6. The molecule has 7 atom stereocenters. The van der Waals surface area contributed by atoms with Gasteiger partial charge in [-0.25, -0.2) is 0 Å². The van der Waals surface area contributed by atoms with Crippen molar-refractivity contribution in [2.75, 3.05) is 6.79 Å². The maximum Gasteiger partial charge on any atom is 0.313 e. The Morgan fingerprint density at radius 3 is 1.72 bits per heavy atom. The third kappa shape index (κ3) is 8.57. The van der Waals surface area contributed by atoms with E-state index in [0.717, 1.165) is 81.5 Å². The van der Waals surface area contributed by atoms with Crippen molar-refractivity contribution in [1.29, 1.82) is 0 Å². The molecule has 0 amide bonds. The van der Waals surface area contributed by atoms with Crippen molar-refractivity contribution in [1.82, 2.24) is 0 Å². The zero-order valence-corrected chi connectivity index (χ0v) is 36.6. The number of carbonyl (C=O) groups excluding carboxylic acids is 4. The fourth-order valence-electron chi connectivity index (χ4n) is 12.9. The van der Waals surface area contributed by atoms with Crippen LogP contribution >= 0.6 is 0 Å². The Labute approximate surface area is 341 Å². The number of fused-ring (bicyclic) bond motifs is 1. The Hall–Kier alpha value is -2.20. The molecule has 0 aromatic rings. The van der Waals surface area contributed by atoms with Crippen molar-refractivity contribution in [2.45, 2.75) is 195 Å². The molecular formula is C47H74O10. The van der Waals surface area contributed by atoms with Crippen LogP contribution in [0.15, 0.2) is 0 Å². The number of hydrogen-bond donors (Lipinski definition) is 1. The quantitative estimate of drug-likeness (QED) is 0.123. The van der Waals surface area contributed by atoms with E-state index in [2.05, 4.69) is 0 Å². The van der Waals surface area contributed by atoms with Crippen LogP contribution < -0.4 is 0 Å². The molecule has 0 aromatic heterocycles. The second-order valence-electron chi connectivity index (χ2n) is 22.4. The number of hydrogen-bond acceptors (Lipinski definition) is 10. The zero-order valence-electron chi connectivity index (χ0n) is 36.6. The Morgan fingerprint density at radius 2 is 1.18 bits per heavy atom. The highest BCUT2D eigenvalue weighted by Gasteiger charge is 2.64. The fraction of sp³-hybridized carbons (Fsp3) is 0.915. The lowest BCUT2D eigenvalue weighted by Crippen LogP contribution is -2.61. The molecule has 7 unspecified atom stereocenters. The van der Waals surface area contributed by atoms with Gasteiger partial charge in [-0.05, 0) is 173 Å². The van der Waals surface area contributed by atoms with Gasteiger partial charge in [0.15, 0.2) is 6.79 Å². The number of aliphatic hydroxyl groups is 1. The van der Waals surface area contributed by atoms with Gasteiger partial charge in [0, 0.05) is 18.3 Å². The van der Waals surface area contributed by atoms with E-state index in [1.54, 1.807) is 0 Å². The zero-order chi connectivity index (χ0) is 41.3. The average Bonchev–Trinajstić information content (AvgIpc) is 3.77. The first kappa shape index (κ1) is 42.9. The number of esters is 4. The summed E-state index contributed by atoms with van der Waals surface area (Å²) < 4.78 is 28.3. The number of ether oxygens (including phenoxy) is 5. The normalized spacial score (nSPS) is 41.5. The highest BCUT2D eigenvalue weighted by atomic mass is 16.7. The van der Waals surface area contributed by atoms with Crippen LogP contribution in [0.2, 0.25) is 0 Å². The lowest BCUT2D eigenvalue weighted by Gasteiger charge is -2.59. The van der Waals surface area contributed by atoms with Crippen molar-refractivity contribution in [2.24, 2.45) is 69.5 Å². The van der Waals surface area contributed by atoms with E-state index in [4.69, 9.17) is 23.7 Å². The van der Waals surface area contributed by atoms with Crippen LogP contribution in [0.4, 0.5) is 0 Å². The Kier molecular flexibility index (Phi) is 11.8. The second kappa shape index (κ2) is 15.7. The van der Waals surface area contributed by atoms with Crippen LogP contribution in [0, 0.1) is 69.5 Å². The van der Waals surface area contributed by atoms with Crippen LogP contribution in [0.3, 0.4) is 0 Å². The Morgan fingerprint density at radius 1 is 0.667 bits per heavy atom. The topological polar surface area (TPSA) is 135 Å². The highest BCUT2D eigenvalue weighted by molar-refractivity contribution is 5.78. The van der Waals surface area contributed by atoms with E-state index < -0.39 is 21.8 Å². The molecule has 1 N–H and O–H groups in total. The van der Waals surface area contributed by atoms with Gasteiger partial charge in [-0.1, -0.05) is 20.8 Å². The van der Waals surface area contributed by atoms with E-state index in [1.165, 1.54) is 38.5 Å². The molecule has 0 aromatic carbocycles. The molecule has 11 aliphatic rings. The summed E-state index contributed by atoms with van der Waals surface area (Å²) in [4.78, 5) is 48.1. The van der Waals surface area contributed by atoms with Crippen molar-refractivity contribution in [3.63, 3.8) is 0 Å². The molecule has 322 valence electrons. The summed E-state index contributed by atoms with van der Waals surface area (Å²) in [5, 5.41) is 10.6. The molecule has 0 radical (unpaired) electrons. The Balaban J connectivity index is 0.000000131. The van der Waals surface area contributed by atoms with Gasteiger partial charge in [-0.15, -0.1) is 0 Å². The van der Waals surface area contributed by atoms with Crippen LogP contribution in [0.25, 0.3) is 0 Å². The van der Waals surface area contributed by atoms with E-state index in [-0.39, 0.29) is 54.4 Å². The molecule has 57 heavy (non-hydrogen) atoms. The summed E-state index contributed by atoms with van der Waals surface area (Å²) in [6, 6.07) is 0. The van der Waals surface area contributed by atoms with Crippen LogP contribution in [0.1, 0.15) is 165 Å². The molecular weight excluding hydrogens is 725 g/mol. The molecule has 10 nitrogen and oxygen atoms in total. The lowest BCUT2D eigenvalue weighted by molar-refractivity contribution is -0.225. The monoisotopic (exact) mass is 799 g/mol. The Bertz CT molecular complexity index is 1490. The van der Waals surface area contributed by atoms with Gasteiger partial charge in [0.05, 0.1) is 33.9 Å². The summed E-state index contributed by atoms with van der Waals surface area (Å²) in [6.45, 7) is 17.7. The largest absolute Gasteiger partial charge is 0.459 e. The molecule has 1 aliphatic heterocycles. The standard InChI is InChI=1S/C17H28O3.C16H26O3.C14H20O4/c1-4-17(2,3)16(18)20-10-19-15-13-6-11-5-12(8-13)9-14(15)7-11;1-4-14(2,3)13(17)19-16-8-11-5-12(9-16)7-15(18,6-11)10-16;1-4-14(2,3)13(16)18-10-7-5-8-9(6-7)12(15)17-11(8)10/h11-15H,4-10H2,1-3H3;11-12,18H,4-10H2,1-3H3;7-11H,4-6H2,1-3H3. The molecule has 10 aliphatic carbocycles. The van der Waals surface area contributed by atoms with Gasteiger partial charge in [0.1, 0.15) is 17.8 Å². The minimum absolute atomic E-state index is 0.0779. The summed E-state index contributed by atoms with van der Waals surface area (Å²) >= 11 is 0. The summed E-state index contributed by atoms with van der Waals surface area (Å²) in [7, 11) is 0. The van der Waals surface area contributed by atoms with Crippen molar-refractivity contribution < 1.29 is 48.0 Å². The third-order valence-electron chi connectivity index (χ3n) is 16.8. The summed E-state index contributed by atoms with van der Waals surface area (Å²) in [5.41, 5.74) is -2.17. The van der Waals surface area contributed by atoms with Crippen LogP contribution in [-0.2, 0) is 42.9 Å². The summed E-state index contributed by atoms with van der Waals surface area (Å²) in [5.74, 6) is 4.72. The minimum Gasteiger partial charge on any atom is -0.459 e. The molecule has 1 saturated heterocycles. The molecule has 10 saturated carbocycles. The molecule has 11 rings (SSSR count). The maximum atomic E-state index is 12.4. The fourth-order valence-corrected chi connectivity index (χ4v) is 12.9. The molecule has 0 spiro atoms. The molecule has 11 fully saturated rings. The second-order valence-corrected chi connectivity index (χ2v) is 22.4. The van der Waals surface area contributed by atoms with Gasteiger partial charge >= 0.3 is 23.9 Å². The first-order valence-corrected chi connectivity index (χ1v) is 22.9. The average molecular weight is 799 g/mol. The van der Waals surface area contributed by atoms with E-state index in [0.29, 0.717) is 36.2 Å². The SMILES string of the molecule is CCC(C)(C)C(=O)OC12CC3CC(CC(O)(C3)C1)C2.CCC(C)(C)C(=O)OC1C2CC3C(=O)OC1C3C2.CCC(C)(C)C(=O)OCOC1C2CC3CC(C2)CC1C3. The van der Waals surface area contributed by atoms with Gasteiger partial charge in [-0.3, -0.25) is 19.2 Å². The third-order valence-corrected chi connectivity index (χ3v) is 16.8. The highest BCUT2D eigenvalue weighted by Crippen LogP contribution is 2.60. The van der Waals surface area contributed by atoms with E-state index >= 15 is 0 Å². The van der Waals surface area contributed by atoms with Gasteiger partial charge in [0.2, 0.25) is 0 Å². The smallest absolute Gasteiger partial charge is 0.313 e.